The number of thioether (sulfide) groups is 1. The maximum atomic E-state index is 12.3. The fourth-order valence-electron chi connectivity index (χ4n) is 2.40. The molecule has 2 aromatic rings. The molecule has 1 aromatic heterocycles. The second-order valence-electron chi connectivity index (χ2n) is 6.04. The van der Waals surface area contributed by atoms with Crippen LogP contribution in [0.15, 0.2) is 34.3 Å². The first-order valence-electron chi connectivity index (χ1n) is 8.05. The number of benzene rings is 1. The minimum atomic E-state index is -3.60. The topological polar surface area (TPSA) is 76.9 Å². The minimum Gasteiger partial charge on any atom is -0.306 e. The molecule has 0 radical (unpaired) electrons. The van der Waals surface area contributed by atoms with Crippen molar-refractivity contribution in [3.63, 3.8) is 0 Å². The average Bonchev–Trinajstić information content (AvgIpc) is 2.93. The van der Waals surface area contributed by atoms with Gasteiger partial charge in [0.2, 0.25) is 10.0 Å². The Bertz CT molecular complexity index is 806. The highest BCUT2D eigenvalue weighted by Gasteiger charge is 2.17. The van der Waals surface area contributed by atoms with Crippen molar-refractivity contribution in [2.75, 3.05) is 12.8 Å². The Hall–Kier alpha value is -1.09. The van der Waals surface area contributed by atoms with Crippen molar-refractivity contribution in [2.45, 2.75) is 43.3 Å². The highest BCUT2D eigenvalue weighted by Crippen LogP contribution is 2.20. The van der Waals surface area contributed by atoms with Gasteiger partial charge in [0.15, 0.2) is 5.16 Å². The van der Waals surface area contributed by atoms with Gasteiger partial charge in [-0.1, -0.05) is 49.3 Å². The van der Waals surface area contributed by atoms with Crippen molar-refractivity contribution in [2.24, 2.45) is 5.92 Å². The van der Waals surface area contributed by atoms with Crippen LogP contribution in [-0.4, -0.2) is 36.0 Å². The molecule has 0 aliphatic rings. The fourth-order valence-corrected chi connectivity index (χ4v) is 4.51. The zero-order chi connectivity index (χ0) is 18.4. The SMILES string of the molecule is CSc1nnc(CCCNS(=O)(=O)c2ccccc2Cl)n1CC(C)C. The summed E-state index contributed by atoms with van der Waals surface area (Å²) in [6, 6.07) is 6.41. The number of sulfonamides is 1. The molecular formula is C16H23ClN4O2S2. The van der Waals surface area contributed by atoms with E-state index in [9.17, 15) is 8.42 Å². The first kappa shape index (κ1) is 20.2. The third kappa shape index (κ3) is 5.44. The minimum absolute atomic E-state index is 0.101. The zero-order valence-electron chi connectivity index (χ0n) is 14.6. The third-order valence-corrected chi connectivity index (χ3v) is 6.15. The molecule has 2 rings (SSSR count). The summed E-state index contributed by atoms with van der Waals surface area (Å²) in [6.07, 6.45) is 3.27. The number of halogens is 1. The number of nitrogens with zero attached hydrogens (tertiary/aromatic N) is 3. The summed E-state index contributed by atoms with van der Waals surface area (Å²) >= 11 is 7.53. The van der Waals surface area contributed by atoms with Crippen LogP contribution in [0.1, 0.15) is 26.1 Å². The predicted molar refractivity (Wildman–Crippen MR) is 102 cm³/mol. The van der Waals surface area contributed by atoms with Crippen molar-refractivity contribution in [3.05, 3.63) is 35.1 Å². The second kappa shape index (κ2) is 9.02. The van der Waals surface area contributed by atoms with Gasteiger partial charge in [0.05, 0.1) is 5.02 Å². The molecule has 1 heterocycles. The van der Waals surface area contributed by atoms with Crippen molar-refractivity contribution in [3.8, 4) is 0 Å². The lowest BCUT2D eigenvalue weighted by Gasteiger charge is -2.12. The molecule has 25 heavy (non-hydrogen) atoms. The van der Waals surface area contributed by atoms with E-state index >= 15 is 0 Å². The second-order valence-corrected chi connectivity index (χ2v) is 8.96. The summed E-state index contributed by atoms with van der Waals surface area (Å²) in [5.41, 5.74) is 0. The maximum absolute atomic E-state index is 12.3. The molecule has 0 spiro atoms. The molecule has 0 saturated heterocycles. The van der Waals surface area contributed by atoms with E-state index in [1.807, 2.05) is 6.26 Å². The average molecular weight is 403 g/mol. The molecule has 6 nitrogen and oxygen atoms in total. The van der Waals surface area contributed by atoms with Crippen LogP contribution < -0.4 is 4.72 Å². The van der Waals surface area contributed by atoms with Crippen LogP contribution in [0.3, 0.4) is 0 Å². The van der Waals surface area contributed by atoms with Crippen LogP contribution in [0.5, 0.6) is 0 Å². The molecule has 9 heteroatoms. The summed E-state index contributed by atoms with van der Waals surface area (Å²) < 4.78 is 29.3. The molecule has 138 valence electrons. The Morgan fingerprint density at radius 2 is 2.00 bits per heavy atom. The largest absolute Gasteiger partial charge is 0.306 e. The van der Waals surface area contributed by atoms with E-state index in [0.29, 0.717) is 25.3 Å². The van der Waals surface area contributed by atoms with Crippen LogP contribution in [-0.2, 0) is 23.0 Å². The fraction of sp³-hybridized carbons (Fsp3) is 0.500. The lowest BCUT2D eigenvalue weighted by molar-refractivity contribution is 0.477. The molecular weight excluding hydrogens is 380 g/mol. The van der Waals surface area contributed by atoms with Gasteiger partial charge in [-0.15, -0.1) is 10.2 Å². The van der Waals surface area contributed by atoms with Crippen LogP contribution in [0, 0.1) is 5.92 Å². The third-order valence-electron chi connectivity index (χ3n) is 3.52. The standard InChI is InChI=1S/C16H23ClN4O2S2/c1-12(2)11-21-15(19-20-16(21)24-3)9-6-10-18-25(22,23)14-8-5-4-7-13(14)17/h4-5,7-8,12,18H,6,9-11H2,1-3H3. The van der Waals surface area contributed by atoms with E-state index in [2.05, 4.69) is 33.3 Å². The summed E-state index contributed by atoms with van der Waals surface area (Å²) in [5.74, 6) is 1.37. The van der Waals surface area contributed by atoms with Gasteiger partial charge in [0.25, 0.3) is 0 Å². The summed E-state index contributed by atoms with van der Waals surface area (Å²) in [5, 5.41) is 9.54. The smallest absolute Gasteiger partial charge is 0.242 e. The van der Waals surface area contributed by atoms with Crippen LogP contribution in [0.4, 0.5) is 0 Å². The van der Waals surface area contributed by atoms with Crippen LogP contribution >= 0.6 is 23.4 Å². The van der Waals surface area contributed by atoms with E-state index in [1.54, 1.807) is 30.0 Å². The Morgan fingerprint density at radius 1 is 1.28 bits per heavy atom. The Kier molecular flexibility index (Phi) is 7.30. The Morgan fingerprint density at radius 3 is 2.64 bits per heavy atom. The molecule has 0 saturated carbocycles. The molecule has 0 atom stereocenters. The quantitative estimate of drug-likeness (QED) is 0.514. The maximum Gasteiger partial charge on any atom is 0.242 e. The van der Waals surface area contributed by atoms with Crippen LogP contribution in [0.2, 0.25) is 5.02 Å². The van der Waals surface area contributed by atoms with Gasteiger partial charge < -0.3 is 4.57 Å². The first-order valence-corrected chi connectivity index (χ1v) is 11.1. The van der Waals surface area contributed by atoms with Crippen molar-refractivity contribution >= 4 is 33.4 Å². The molecule has 0 fully saturated rings. The lowest BCUT2D eigenvalue weighted by Crippen LogP contribution is -2.25. The van der Waals surface area contributed by atoms with E-state index in [-0.39, 0.29) is 9.92 Å². The van der Waals surface area contributed by atoms with E-state index in [4.69, 9.17) is 11.6 Å². The summed E-state index contributed by atoms with van der Waals surface area (Å²) in [4.78, 5) is 0.101. The van der Waals surface area contributed by atoms with Crippen molar-refractivity contribution in [1.29, 1.82) is 0 Å². The monoisotopic (exact) mass is 402 g/mol. The molecule has 0 amide bonds. The van der Waals surface area contributed by atoms with Gasteiger partial charge in [0, 0.05) is 19.5 Å². The first-order chi connectivity index (χ1) is 11.8. The highest BCUT2D eigenvalue weighted by molar-refractivity contribution is 7.98. The normalized spacial score (nSPS) is 12.0. The molecule has 0 bridgehead atoms. The predicted octanol–water partition coefficient (Wildman–Crippen LogP) is 3.22. The van der Waals surface area contributed by atoms with Crippen molar-refractivity contribution < 1.29 is 8.42 Å². The number of aryl methyl sites for hydroxylation is 1. The summed E-state index contributed by atoms with van der Waals surface area (Å²) in [7, 11) is -3.60. The van der Waals surface area contributed by atoms with Gasteiger partial charge in [-0.25, -0.2) is 13.1 Å². The van der Waals surface area contributed by atoms with E-state index in [1.165, 1.54) is 6.07 Å². The number of rotatable bonds is 9. The summed E-state index contributed by atoms with van der Waals surface area (Å²) in [6.45, 7) is 5.46. The number of hydrogen-bond acceptors (Lipinski definition) is 5. The van der Waals surface area contributed by atoms with Gasteiger partial charge in [-0.2, -0.15) is 0 Å². The molecule has 0 unspecified atom stereocenters. The van der Waals surface area contributed by atoms with Gasteiger partial charge in [0.1, 0.15) is 10.7 Å². The molecule has 1 N–H and O–H groups in total. The number of nitrogens with one attached hydrogen (secondary N) is 1. The zero-order valence-corrected chi connectivity index (χ0v) is 17.0. The van der Waals surface area contributed by atoms with Gasteiger partial charge in [-0.05, 0) is 30.7 Å². The Labute approximate surface area is 158 Å². The number of aromatic nitrogens is 3. The van der Waals surface area contributed by atoms with Crippen LogP contribution in [0.25, 0.3) is 0 Å². The Balaban J connectivity index is 1.95. The lowest BCUT2D eigenvalue weighted by atomic mass is 10.2. The van der Waals surface area contributed by atoms with Gasteiger partial charge in [-0.3, -0.25) is 0 Å². The van der Waals surface area contributed by atoms with Gasteiger partial charge >= 0.3 is 0 Å². The molecule has 1 aromatic carbocycles. The van der Waals surface area contributed by atoms with E-state index < -0.39 is 10.0 Å². The molecule has 0 aliphatic heterocycles. The number of hydrogen-bond donors (Lipinski definition) is 1. The van der Waals surface area contributed by atoms with Crippen molar-refractivity contribution in [1.82, 2.24) is 19.5 Å². The molecule has 0 aliphatic carbocycles. The highest BCUT2D eigenvalue weighted by atomic mass is 35.5. The van der Waals surface area contributed by atoms with E-state index in [0.717, 1.165) is 17.5 Å².